The number of hydrogen-bond acceptors (Lipinski definition) is 4. The fourth-order valence-electron chi connectivity index (χ4n) is 3.27. The maximum atomic E-state index is 14.3. The average molecular weight is 370 g/mol. The molecule has 142 valence electrons. The number of carbonyl (C=O) groups is 2. The first-order chi connectivity index (χ1) is 12.9. The van der Waals surface area contributed by atoms with Crippen molar-refractivity contribution in [3.8, 4) is 5.75 Å². The third kappa shape index (κ3) is 3.94. The number of halogens is 1. The van der Waals surface area contributed by atoms with Crippen LogP contribution in [0, 0.1) is 12.7 Å². The summed E-state index contributed by atoms with van der Waals surface area (Å²) in [6, 6.07) is 9.96. The fraction of sp³-hybridized carbons (Fsp3) is 0.333. The average Bonchev–Trinajstić information content (AvgIpc) is 2.68. The number of benzene rings is 2. The molecule has 0 aliphatic carbocycles. The van der Waals surface area contributed by atoms with Crippen molar-refractivity contribution >= 4 is 17.4 Å². The Labute approximate surface area is 158 Å². The molecule has 5 nitrogen and oxygen atoms in total. The van der Waals surface area contributed by atoms with Crippen molar-refractivity contribution in [2.45, 2.75) is 13.8 Å². The molecule has 0 spiro atoms. The number of methoxy groups -OCH3 is 1. The minimum absolute atomic E-state index is 0.0552. The fourth-order valence-corrected chi connectivity index (χ4v) is 3.27. The van der Waals surface area contributed by atoms with E-state index in [4.69, 9.17) is 4.74 Å². The highest BCUT2D eigenvalue weighted by molar-refractivity contribution is 5.95. The van der Waals surface area contributed by atoms with Crippen LogP contribution in [0.25, 0.3) is 0 Å². The molecule has 1 heterocycles. The van der Waals surface area contributed by atoms with Gasteiger partial charge in [0.05, 0.1) is 12.8 Å². The van der Waals surface area contributed by atoms with Gasteiger partial charge >= 0.3 is 0 Å². The van der Waals surface area contributed by atoms with Gasteiger partial charge in [0.2, 0.25) is 0 Å². The van der Waals surface area contributed by atoms with E-state index in [1.54, 1.807) is 36.3 Å². The molecule has 0 atom stereocenters. The molecule has 1 aliphatic heterocycles. The Morgan fingerprint density at radius 1 is 1.00 bits per heavy atom. The molecule has 1 fully saturated rings. The summed E-state index contributed by atoms with van der Waals surface area (Å²) in [5.74, 6) is 0.0580. The zero-order valence-electron chi connectivity index (χ0n) is 15.8. The van der Waals surface area contributed by atoms with Gasteiger partial charge in [0.25, 0.3) is 5.91 Å². The van der Waals surface area contributed by atoms with Crippen molar-refractivity contribution < 1.29 is 18.7 Å². The number of Topliss-reactive ketones (excluding diaryl/α,β-unsaturated/α-hetero) is 1. The Morgan fingerprint density at radius 3 is 2.26 bits per heavy atom. The monoisotopic (exact) mass is 370 g/mol. The summed E-state index contributed by atoms with van der Waals surface area (Å²) in [5.41, 5.74) is 2.38. The number of amides is 1. The van der Waals surface area contributed by atoms with Crippen molar-refractivity contribution in [1.82, 2.24) is 4.90 Å². The van der Waals surface area contributed by atoms with Crippen molar-refractivity contribution in [1.29, 1.82) is 0 Å². The highest BCUT2D eigenvalue weighted by Gasteiger charge is 2.24. The second kappa shape index (κ2) is 7.78. The second-order valence-corrected chi connectivity index (χ2v) is 6.69. The first-order valence-corrected chi connectivity index (χ1v) is 8.90. The number of anilines is 1. The van der Waals surface area contributed by atoms with E-state index in [1.165, 1.54) is 13.0 Å². The standard InChI is InChI=1S/C21H23FN2O3/c1-14-4-5-17(13-20(14)27-3)21(26)24-10-8-23(9-11-24)19-7-6-16(15(2)25)12-18(19)22/h4-7,12-13H,8-11H2,1-3H3. The smallest absolute Gasteiger partial charge is 0.254 e. The SMILES string of the molecule is COc1cc(C(=O)N2CCN(c3ccc(C(C)=O)cc3F)CC2)ccc1C. The third-order valence-corrected chi connectivity index (χ3v) is 4.92. The van der Waals surface area contributed by atoms with Gasteiger partial charge in [-0.05, 0) is 49.7 Å². The summed E-state index contributed by atoms with van der Waals surface area (Å²) in [5, 5.41) is 0. The second-order valence-electron chi connectivity index (χ2n) is 6.69. The minimum atomic E-state index is -0.411. The van der Waals surface area contributed by atoms with Crippen LogP contribution in [-0.2, 0) is 0 Å². The minimum Gasteiger partial charge on any atom is -0.496 e. The number of ether oxygens (including phenoxy) is 1. The summed E-state index contributed by atoms with van der Waals surface area (Å²) in [4.78, 5) is 27.8. The molecule has 0 radical (unpaired) electrons. The summed E-state index contributed by atoms with van der Waals surface area (Å²) in [7, 11) is 1.58. The number of hydrogen-bond donors (Lipinski definition) is 0. The van der Waals surface area contributed by atoms with Gasteiger partial charge < -0.3 is 14.5 Å². The molecule has 1 amide bonds. The number of ketones is 1. The van der Waals surface area contributed by atoms with E-state index in [0.717, 1.165) is 5.56 Å². The maximum absolute atomic E-state index is 14.3. The molecule has 27 heavy (non-hydrogen) atoms. The summed E-state index contributed by atoms with van der Waals surface area (Å²) in [6.07, 6.45) is 0. The normalized spacial score (nSPS) is 14.2. The van der Waals surface area contributed by atoms with Gasteiger partial charge in [-0.2, -0.15) is 0 Å². The molecular formula is C21H23FN2O3. The van der Waals surface area contributed by atoms with Crippen LogP contribution >= 0.6 is 0 Å². The predicted molar refractivity (Wildman–Crippen MR) is 102 cm³/mol. The molecule has 0 saturated carbocycles. The molecule has 0 unspecified atom stereocenters. The Hall–Kier alpha value is -2.89. The van der Waals surface area contributed by atoms with Gasteiger partial charge in [0.15, 0.2) is 5.78 Å². The van der Waals surface area contributed by atoms with E-state index in [1.807, 2.05) is 17.9 Å². The first-order valence-electron chi connectivity index (χ1n) is 8.90. The molecule has 6 heteroatoms. The lowest BCUT2D eigenvalue weighted by molar-refractivity contribution is 0.0746. The number of piperazine rings is 1. The van der Waals surface area contributed by atoms with Crippen LogP contribution in [0.1, 0.15) is 33.2 Å². The van der Waals surface area contributed by atoms with E-state index < -0.39 is 5.82 Å². The van der Waals surface area contributed by atoms with Crippen molar-refractivity contribution in [2.75, 3.05) is 38.2 Å². The molecule has 3 rings (SSSR count). The lowest BCUT2D eigenvalue weighted by Gasteiger charge is -2.36. The molecular weight excluding hydrogens is 347 g/mol. The molecule has 1 aliphatic rings. The molecule has 0 bridgehead atoms. The zero-order valence-corrected chi connectivity index (χ0v) is 15.8. The quantitative estimate of drug-likeness (QED) is 0.775. The maximum Gasteiger partial charge on any atom is 0.254 e. The van der Waals surface area contributed by atoms with Crippen molar-refractivity contribution in [2.24, 2.45) is 0 Å². The van der Waals surface area contributed by atoms with Crippen LogP contribution in [-0.4, -0.2) is 49.9 Å². The number of carbonyl (C=O) groups excluding carboxylic acids is 2. The first kappa shape index (κ1) is 18.9. The van der Waals surface area contributed by atoms with E-state index >= 15 is 0 Å². The van der Waals surface area contributed by atoms with Gasteiger partial charge in [-0.25, -0.2) is 4.39 Å². The van der Waals surface area contributed by atoms with Crippen LogP contribution in [0.4, 0.5) is 10.1 Å². The van der Waals surface area contributed by atoms with Crippen molar-refractivity contribution in [3.05, 3.63) is 58.9 Å². The molecule has 1 saturated heterocycles. The molecule has 2 aromatic carbocycles. The van der Waals surface area contributed by atoms with Crippen LogP contribution in [0.3, 0.4) is 0 Å². The molecule has 0 N–H and O–H groups in total. The summed E-state index contributed by atoms with van der Waals surface area (Å²) < 4.78 is 19.6. The van der Waals surface area contributed by atoms with Gasteiger partial charge in [-0.15, -0.1) is 0 Å². The summed E-state index contributed by atoms with van der Waals surface area (Å²) >= 11 is 0. The molecule has 0 aromatic heterocycles. The Morgan fingerprint density at radius 2 is 1.67 bits per heavy atom. The van der Waals surface area contributed by atoms with Crippen molar-refractivity contribution in [3.63, 3.8) is 0 Å². The lowest BCUT2D eigenvalue weighted by atomic mass is 10.1. The van der Waals surface area contributed by atoms with E-state index in [0.29, 0.717) is 48.7 Å². The van der Waals surface area contributed by atoms with Gasteiger partial charge in [-0.1, -0.05) is 6.07 Å². The third-order valence-electron chi connectivity index (χ3n) is 4.92. The van der Waals surface area contributed by atoms with E-state index in [2.05, 4.69) is 0 Å². The number of aryl methyl sites for hydroxylation is 1. The lowest BCUT2D eigenvalue weighted by Crippen LogP contribution is -2.49. The molecule has 2 aromatic rings. The van der Waals surface area contributed by atoms with Crippen LogP contribution in [0.2, 0.25) is 0 Å². The Balaban J connectivity index is 1.68. The van der Waals surface area contributed by atoms with Crippen LogP contribution in [0.5, 0.6) is 5.75 Å². The van der Waals surface area contributed by atoms with Gasteiger partial charge in [0.1, 0.15) is 11.6 Å². The van der Waals surface area contributed by atoms with E-state index in [-0.39, 0.29) is 11.7 Å². The summed E-state index contributed by atoms with van der Waals surface area (Å²) in [6.45, 7) is 5.42. The predicted octanol–water partition coefficient (Wildman–Crippen LogP) is 3.31. The van der Waals surface area contributed by atoms with Gasteiger partial charge in [0, 0.05) is 37.3 Å². The van der Waals surface area contributed by atoms with E-state index in [9.17, 15) is 14.0 Å². The largest absolute Gasteiger partial charge is 0.496 e. The topological polar surface area (TPSA) is 49.9 Å². The highest BCUT2D eigenvalue weighted by atomic mass is 19.1. The Kier molecular flexibility index (Phi) is 5.44. The van der Waals surface area contributed by atoms with Crippen LogP contribution in [0.15, 0.2) is 36.4 Å². The Bertz CT molecular complexity index is 874. The number of rotatable bonds is 4. The van der Waals surface area contributed by atoms with Crippen LogP contribution < -0.4 is 9.64 Å². The van der Waals surface area contributed by atoms with Gasteiger partial charge in [-0.3, -0.25) is 9.59 Å². The highest BCUT2D eigenvalue weighted by Crippen LogP contribution is 2.24. The zero-order chi connectivity index (χ0) is 19.6. The number of nitrogens with zero attached hydrogens (tertiary/aromatic N) is 2.